The van der Waals surface area contributed by atoms with Gasteiger partial charge < -0.3 is 4.98 Å². The fourth-order valence-corrected chi connectivity index (χ4v) is 3.01. The molecule has 23 heavy (non-hydrogen) atoms. The van der Waals surface area contributed by atoms with E-state index in [1.165, 1.54) is 6.07 Å². The Balaban J connectivity index is 1.91. The third kappa shape index (κ3) is 2.70. The van der Waals surface area contributed by atoms with E-state index in [0.717, 1.165) is 23.8 Å². The van der Waals surface area contributed by atoms with Gasteiger partial charge in [0.05, 0.1) is 11.1 Å². The molecule has 0 amide bonds. The lowest BCUT2D eigenvalue weighted by Crippen LogP contribution is -2.07. The van der Waals surface area contributed by atoms with E-state index in [1.54, 1.807) is 30.5 Å². The van der Waals surface area contributed by atoms with Gasteiger partial charge in [0.2, 0.25) is 0 Å². The van der Waals surface area contributed by atoms with Crippen molar-refractivity contribution in [3.63, 3.8) is 0 Å². The van der Waals surface area contributed by atoms with Crippen LogP contribution in [-0.4, -0.2) is 9.97 Å². The summed E-state index contributed by atoms with van der Waals surface area (Å²) in [4.78, 5) is 6.99. The SMILES string of the molecule is FC(F)(F)c1ccc(C2CC2)cc1-c1cc2cnc(Cl)cc2[nH]1. The van der Waals surface area contributed by atoms with Crippen molar-refractivity contribution in [3.05, 3.63) is 52.8 Å². The zero-order chi connectivity index (χ0) is 16.2. The summed E-state index contributed by atoms with van der Waals surface area (Å²) in [5, 5.41) is 1.03. The van der Waals surface area contributed by atoms with Crippen LogP contribution < -0.4 is 0 Å². The normalized spacial score (nSPS) is 15.3. The van der Waals surface area contributed by atoms with Crippen molar-refractivity contribution in [3.8, 4) is 11.3 Å². The molecule has 2 heterocycles. The number of aromatic nitrogens is 2. The first kappa shape index (κ1) is 14.6. The van der Waals surface area contributed by atoms with Crippen LogP contribution in [0.25, 0.3) is 22.2 Å². The highest BCUT2D eigenvalue weighted by molar-refractivity contribution is 6.30. The number of pyridine rings is 1. The van der Waals surface area contributed by atoms with Crippen molar-refractivity contribution < 1.29 is 13.2 Å². The van der Waals surface area contributed by atoms with Crippen LogP contribution in [0.4, 0.5) is 13.2 Å². The second kappa shape index (κ2) is 4.99. The van der Waals surface area contributed by atoms with Crippen molar-refractivity contribution in [1.29, 1.82) is 0 Å². The molecule has 0 unspecified atom stereocenters. The van der Waals surface area contributed by atoms with Crippen molar-refractivity contribution in [2.45, 2.75) is 24.9 Å². The predicted octanol–water partition coefficient (Wildman–Crippen LogP) is 5.78. The molecular weight excluding hydrogens is 325 g/mol. The van der Waals surface area contributed by atoms with Gasteiger partial charge in [0.1, 0.15) is 5.15 Å². The average molecular weight is 337 g/mol. The van der Waals surface area contributed by atoms with E-state index in [1.807, 2.05) is 0 Å². The molecule has 1 saturated carbocycles. The lowest BCUT2D eigenvalue weighted by molar-refractivity contribution is -0.137. The molecule has 0 saturated heterocycles. The molecule has 1 aliphatic rings. The van der Waals surface area contributed by atoms with Gasteiger partial charge in [-0.2, -0.15) is 13.2 Å². The minimum Gasteiger partial charge on any atom is -0.354 e. The molecule has 1 aromatic carbocycles. The Labute approximate surface area is 135 Å². The van der Waals surface area contributed by atoms with Gasteiger partial charge in [-0.3, -0.25) is 0 Å². The zero-order valence-electron chi connectivity index (χ0n) is 11.9. The number of hydrogen-bond acceptors (Lipinski definition) is 1. The Morgan fingerprint density at radius 3 is 2.61 bits per heavy atom. The van der Waals surface area contributed by atoms with Crippen molar-refractivity contribution in [1.82, 2.24) is 9.97 Å². The predicted molar refractivity (Wildman–Crippen MR) is 83.5 cm³/mol. The number of benzene rings is 1. The lowest BCUT2D eigenvalue weighted by Gasteiger charge is -2.13. The number of fused-ring (bicyclic) bond motifs is 1. The van der Waals surface area contributed by atoms with Gasteiger partial charge in [0.25, 0.3) is 0 Å². The molecule has 0 radical (unpaired) electrons. The van der Waals surface area contributed by atoms with E-state index >= 15 is 0 Å². The molecule has 3 aromatic rings. The summed E-state index contributed by atoms with van der Waals surface area (Å²) < 4.78 is 40.1. The van der Waals surface area contributed by atoms with Gasteiger partial charge in [-0.25, -0.2) is 4.98 Å². The number of nitrogens with zero attached hydrogens (tertiary/aromatic N) is 1. The summed E-state index contributed by atoms with van der Waals surface area (Å²) in [6.45, 7) is 0. The summed E-state index contributed by atoms with van der Waals surface area (Å²) in [5.41, 5.74) is 1.60. The maximum Gasteiger partial charge on any atom is 0.417 e. The van der Waals surface area contributed by atoms with Crippen molar-refractivity contribution in [2.75, 3.05) is 0 Å². The number of rotatable bonds is 2. The molecule has 2 aromatic heterocycles. The van der Waals surface area contributed by atoms with E-state index in [2.05, 4.69) is 9.97 Å². The Bertz CT molecular complexity index is 894. The monoisotopic (exact) mass is 336 g/mol. The first-order chi connectivity index (χ1) is 10.9. The fourth-order valence-electron chi connectivity index (χ4n) is 2.85. The van der Waals surface area contributed by atoms with Crippen LogP contribution in [-0.2, 0) is 6.18 Å². The van der Waals surface area contributed by atoms with Crippen molar-refractivity contribution >= 4 is 22.5 Å². The highest BCUT2D eigenvalue weighted by atomic mass is 35.5. The van der Waals surface area contributed by atoms with Gasteiger partial charge in [-0.1, -0.05) is 17.7 Å². The molecule has 0 aliphatic heterocycles. The number of alkyl halides is 3. The second-order valence-corrected chi connectivity index (χ2v) is 6.24. The third-order valence-corrected chi connectivity index (χ3v) is 4.37. The van der Waals surface area contributed by atoms with Crippen LogP contribution >= 0.6 is 11.6 Å². The summed E-state index contributed by atoms with van der Waals surface area (Å²) in [7, 11) is 0. The summed E-state index contributed by atoms with van der Waals surface area (Å²) >= 11 is 5.84. The molecule has 118 valence electrons. The standard InChI is InChI=1S/C17H12ClF3N2/c18-16-7-14-11(8-22-16)6-15(23-14)12-5-10(9-1-2-9)3-4-13(12)17(19,20)21/h3-9,23H,1-2H2. The fraction of sp³-hybridized carbons (Fsp3) is 0.235. The molecule has 1 N–H and O–H groups in total. The smallest absolute Gasteiger partial charge is 0.354 e. The van der Waals surface area contributed by atoms with Crippen LogP contribution in [0.3, 0.4) is 0 Å². The van der Waals surface area contributed by atoms with Gasteiger partial charge in [-0.15, -0.1) is 0 Å². The minimum absolute atomic E-state index is 0.175. The summed E-state index contributed by atoms with van der Waals surface area (Å²) in [6, 6.07) is 7.71. The van der Waals surface area contributed by atoms with E-state index in [0.29, 0.717) is 22.3 Å². The van der Waals surface area contributed by atoms with Crippen LogP contribution in [0.15, 0.2) is 36.5 Å². The molecule has 1 fully saturated rings. The number of H-pyrrole nitrogens is 1. The van der Waals surface area contributed by atoms with Crippen LogP contribution in [0, 0.1) is 0 Å². The van der Waals surface area contributed by atoms with Crippen LogP contribution in [0.5, 0.6) is 0 Å². The van der Waals surface area contributed by atoms with Crippen LogP contribution in [0.2, 0.25) is 5.15 Å². The zero-order valence-corrected chi connectivity index (χ0v) is 12.7. The molecule has 0 spiro atoms. The number of halogens is 4. The Morgan fingerprint density at radius 2 is 1.91 bits per heavy atom. The molecular formula is C17H12ClF3N2. The van der Waals surface area contributed by atoms with E-state index in [-0.39, 0.29) is 5.56 Å². The highest BCUT2D eigenvalue weighted by Crippen LogP contribution is 2.44. The Morgan fingerprint density at radius 1 is 1.13 bits per heavy atom. The van der Waals surface area contributed by atoms with Crippen molar-refractivity contribution in [2.24, 2.45) is 0 Å². The quantitative estimate of drug-likeness (QED) is 0.590. The molecule has 6 heteroatoms. The van der Waals surface area contributed by atoms with E-state index in [4.69, 9.17) is 11.6 Å². The second-order valence-electron chi connectivity index (χ2n) is 5.85. The molecule has 4 rings (SSSR count). The van der Waals surface area contributed by atoms with E-state index in [9.17, 15) is 13.2 Å². The molecule has 2 nitrogen and oxygen atoms in total. The lowest BCUT2D eigenvalue weighted by atomic mass is 9.98. The Hall–Kier alpha value is -2.01. The maximum atomic E-state index is 13.4. The first-order valence-electron chi connectivity index (χ1n) is 7.27. The topological polar surface area (TPSA) is 28.7 Å². The first-order valence-corrected chi connectivity index (χ1v) is 7.65. The van der Waals surface area contributed by atoms with Gasteiger partial charge in [-0.05, 0) is 48.6 Å². The van der Waals surface area contributed by atoms with Gasteiger partial charge >= 0.3 is 6.18 Å². The largest absolute Gasteiger partial charge is 0.417 e. The number of aromatic amines is 1. The third-order valence-electron chi connectivity index (χ3n) is 4.16. The molecule has 0 bridgehead atoms. The highest BCUT2D eigenvalue weighted by Gasteiger charge is 2.35. The van der Waals surface area contributed by atoms with E-state index < -0.39 is 11.7 Å². The minimum atomic E-state index is -4.40. The molecule has 0 atom stereocenters. The summed E-state index contributed by atoms with van der Waals surface area (Å²) in [6.07, 6.45) is -0.770. The maximum absolute atomic E-state index is 13.4. The summed E-state index contributed by atoms with van der Waals surface area (Å²) in [5.74, 6) is 0.386. The van der Waals surface area contributed by atoms with Gasteiger partial charge in [0.15, 0.2) is 0 Å². The average Bonchev–Trinajstić information content (AvgIpc) is 3.25. The van der Waals surface area contributed by atoms with Gasteiger partial charge in [0, 0.05) is 22.8 Å². The van der Waals surface area contributed by atoms with Crippen LogP contribution in [0.1, 0.15) is 29.9 Å². The Kier molecular flexibility index (Phi) is 3.17. The molecule has 1 aliphatic carbocycles. The number of nitrogens with one attached hydrogen (secondary N) is 1. The number of hydrogen-bond donors (Lipinski definition) is 1.